The van der Waals surface area contributed by atoms with Gasteiger partial charge in [0.25, 0.3) is 5.56 Å². The Morgan fingerprint density at radius 3 is 2.89 bits per heavy atom. The van der Waals surface area contributed by atoms with Crippen molar-refractivity contribution in [2.24, 2.45) is 0 Å². The molecule has 1 heterocycles. The third kappa shape index (κ3) is 2.43. The average Bonchev–Trinajstić information content (AvgIpc) is 2.30. The first kappa shape index (κ1) is 12.4. The van der Waals surface area contributed by atoms with Gasteiger partial charge < -0.3 is 16.2 Å². The number of nitrogens with one attached hydrogen (secondary N) is 2. The minimum absolute atomic E-state index is 0.0729. The molecule has 0 atom stereocenters. The van der Waals surface area contributed by atoms with Gasteiger partial charge in [-0.05, 0) is 32.0 Å². The second kappa shape index (κ2) is 4.30. The van der Waals surface area contributed by atoms with Crippen LogP contribution in [0.1, 0.15) is 13.8 Å². The maximum Gasteiger partial charge on any atom is 0.260 e. The number of nitrogen functional groups attached to an aromatic ring is 1. The first-order valence-corrected chi connectivity index (χ1v) is 5.60. The van der Waals surface area contributed by atoms with Crippen LogP contribution in [0.4, 0.5) is 11.6 Å². The summed E-state index contributed by atoms with van der Waals surface area (Å²) in [6, 6.07) is 4.97. The predicted octanol–water partition coefficient (Wildman–Crippen LogP) is 0.688. The van der Waals surface area contributed by atoms with Crippen LogP contribution in [-0.2, 0) is 0 Å². The fraction of sp³-hybridized carbons (Fsp3) is 0.333. The van der Waals surface area contributed by atoms with E-state index in [1.165, 1.54) is 0 Å². The molecule has 1 aromatic heterocycles. The van der Waals surface area contributed by atoms with Gasteiger partial charge >= 0.3 is 0 Å². The third-order valence-electron chi connectivity index (χ3n) is 2.58. The number of aromatic nitrogens is 2. The van der Waals surface area contributed by atoms with Crippen LogP contribution >= 0.6 is 0 Å². The Morgan fingerprint density at radius 1 is 1.50 bits per heavy atom. The quantitative estimate of drug-likeness (QED) is 0.598. The zero-order valence-electron chi connectivity index (χ0n) is 10.3. The van der Waals surface area contributed by atoms with Gasteiger partial charge in [0.2, 0.25) is 5.95 Å². The third-order valence-corrected chi connectivity index (χ3v) is 2.58. The Hall–Kier alpha value is -2.08. The lowest BCUT2D eigenvalue weighted by atomic mass is 10.1. The summed E-state index contributed by atoms with van der Waals surface area (Å²) in [6.45, 7) is 3.54. The van der Waals surface area contributed by atoms with Crippen molar-refractivity contribution in [3.63, 3.8) is 0 Å². The van der Waals surface area contributed by atoms with Gasteiger partial charge in [0.1, 0.15) is 0 Å². The summed E-state index contributed by atoms with van der Waals surface area (Å²) in [5, 5.41) is 12.6. The number of anilines is 2. The molecule has 1 aromatic carbocycles. The molecule has 96 valence electrons. The number of fused-ring (bicyclic) bond motifs is 1. The van der Waals surface area contributed by atoms with Gasteiger partial charge in [0.05, 0.1) is 23.0 Å². The van der Waals surface area contributed by atoms with Gasteiger partial charge in [-0.2, -0.15) is 0 Å². The molecule has 18 heavy (non-hydrogen) atoms. The minimum Gasteiger partial charge on any atom is -0.399 e. The molecule has 0 saturated carbocycles. The van der Waals surface area contributed by atoms with Crippen molar-refractivity contribution in [3.8, 4) is 0 Å². The zero-order valence-corrected chi connectivity index (χ0v) is 10.3. The van der Waals surface area contributed by atoms with E-state index in [4.69, 9.17) is 5.73 Å². The number of hydrogen-bond donors (Lipinski definition) is 4. The van der Waals surface area contributed by atoms with Crippen LogP contribution in [0.25, 0.3) is 10.9 Å². The summed E-state index contributed by atoms with van der Waals surface area (Å²) in [5.74, 6) is 0.330. The summed E-state index contributed by atoms with van der Waals surface area (Å²) in [7, 11) is 0. The van der Waals surface area contributed by atoms with Gasteiger partial charge in [-0.25, -0.2) is 4.98 Å². The van der Waals surface area contributed by atoms with Crippen molar-refractivity contribution < 1.29 is 5.11 Å². The highest BCUT2D eigenvalue weighted by Gasteiger charge is 2.17. The lowest BCUT2D eigenvalue weighted by molar-refractivity contribution is 0.233. The normalized spacial score (nSPS) is 11.7. The molecule has 0 fully saturated rings. The molecule has 2 aromatic rings. The summed E-state index contributed by atoms with van der Waals surface area (Å²) < 4.78 is 0. The monoisotopic (exact) mass is 248 g/mol. The van der Waals surface area contributed by atoms with Crippen molar-refractivity contribution >= 4 is 22.5 Å². The van der Waals surface area contributed by atoms with Crippen molar-refractivity contribution in [1.29, 1.82) is 0 Å². The maximum atomic E-state index is 11.9. The second-order valence-corrected chi connectivity index (χ2v) is 4.86. The van der Waals surface area contributed by atoms with E-state index >= 15 is 0 Å². The standard InChI is InChI=1S/C12H16N4O2/c1-12(2,6-17)16-11-14-9-4-3-7(13)5-8(9)10(18)15-11/h3-5,17H,6,13H2,1-2H3,(H2,14,15,16,18). The predicted molar refractivity (Wildman–Crippen MR) is 71.6 cm³/mol. The Kier molecular flexibility index (Phi) is 2.96. The zero-order chi connectivity index (χ0) is 13.3. The molecule has 6 nitrogen and oxygen atoms in total. The number of hydrogen-bond acceptors (Lipinski definition) is 5. The van der Waals surface area contributed by atoms with Crippen LogP contribution in [0.3, 0.4) is 0 Å². The smallest absolute Gasteiger partial charge is 0.260 e. The number of aliphatic hydroxyl groups is 1. The van der Waals surface area contributed by atoms with E-state index in [-0.39, 0.29) is 12.2 Å². The molecule has 0 radical (unpaired) electrons. The summed E-state index contributed by atoms with van der Waals surface area (Å²) in [4.78, 5) is 18.8. The highest BCUT2D eigenvalue weighted by Crippen LogP contribution is 2.15. The van der Waals surface area contributed by atoms with E-state index in [1.54, 1.807) is 32.0 Å². The highest BCUT2D eigenvalue weighted by molar-refractivity contribution is 5.81. The van der Waals surface area contributed by atoms with Crippen molar-refractivity contribution in [3.05, 3.63) is 28.6 Å². The molecular formula is C12H16N4O2. The Balaban J connectivity index is 2.50. The molecule has 0 spiro atoms. The lowest BCUT2D eigenvalue weighted by Gasteiger charge is -2.23. The number of aliphatic hydroxyl groups excluding tert-OH is 1. The van der Waals surface area contributed by atoms with Crippen molar-refractivity contribution in [1.82, 2.24) is 9.97 Å². The largest absolute Gasteiger partial charge is 0.399 e. The Bertz CT molecular complexity index is 634. The Labute approximate surface area is 104 Å². The van der Waals surface area contributed by atoms with E-state index in [1.807, 2.05) is 0 Å². The van der Waals surface area contributed by atoms with Gasteiger partial charge in [0.15, 0.2) is 0 Å². The molecule has 0 amide bonds. The molecule has 6 heteroatoms. The van der Waals surface area contributed by atoms with Crippen LogP contribution in [0, 0.1) is 0 Å². The topological polar surface area (TPSA) is 104 Å². The number of nitrogens with zero attached hydrogens (tertiary/aromatic N) is 1. The lowest BCUT2D eigenvalue weighted by Crippen LogP contribution is -2.36. The fourth-order valence-corrected chi connectivity index (χ4v) is 1.58. The average molecular weight is 248 g/mol. The van der Waals surface area contributed by atoms with Gasteiger partial charge in [0, 0.05) is 5.69 Å². The number of benzene rings is 1. The molecule has 5 N–H and O–H groups in total. The molecular weight excluding hydrogens is 232 g/mol. The molecule has 0 aliphatic rings. The SMILES string of the molecule is CC(C)(CO)Nc1nc2ccc(N)cc2c(=O)[nH]1. The maximum absolute atomic E-state index is 11.9. The Morgan fingerprint density at radius 2 is 2.22 bits per heavy atom. The van der Waals surface area contributed by atoms with Crippen LogP contribution in [0.5, 0.6) is 0 Å². The molecule has 0 saturated heterocycles. The van der Waals surface area contributed by atoms with Gasteiger partial charge in [-0.3, -0.25) is 9.78 Å². The van der Waals surface area contributed by atoms with Crippen LogP contribution in [-0.4, -0.2) is 27.2 Å². The van der Waals surface area contributed by atoms with E-state index in [0.717, 1.165) is 0 Å². The van der Waals surface area contributed by atoms with Crippen molar-refractivity contribution in [2.45, 2.75) is 19.4 Å². The number of rotatable bonds is 3. The minimum atomic E-state index is -0.558. The van der Waals surface area contributed by atoms with Crippen LogP contribution in [0.15, 0.2) is 23.0 Å². The van der Waals surface area contributed by atoms with Gasteiger partial charge in [-0.1, -0.05) is 0 Å². The second-order valence-electron chi connectivity index (χ2n) is 4.86. The summed E-state index contributed by atoms with van der Waals surface area (Å²) >= 11 is 0. The first-order valence-electron chi connectivity index (χ1n) is 5.60. The number of nitrogens with two attached hydrogens (primary N) is 1. The molecule has 2 rings (SSSR count). The van der Waals surface area contributed by atoms with E-state index in [2.05, 4.69) is 15.3 Å². The molecule has 0 aliphatic carbocycles. The molecule has 0 bridgehead atoms. The number of H-pyrrole nitrogens is 1. The van der Waals surface area contributed by atoms with Gasteiger partial charge in [-0.15, -0.1) is 0 Å². The van der Waals surface area contributed by atoms with Crippen molar-refractivity contribution in [2.75, 3.05) is 17.7 Å². The first-order chi connectivity index (χ1) is 8.41. The molecule has 0 aliphatic heterocycles. The molecule has 0 unspecified atom stereocenters. The van der Waals surface area contributed by atoms with Crippen LogP contribution in [0.2, 0.25) is 0 Å². The highest BCUT2D eigenvalue weighted by atomic mass is 16.3. The van der Waals surface area contributed by atoms with E-state index in [9.17, 15) is 9.90 Å². The van der Waals surface area contributed by atoms with E-state index < -0.39 is 5.54 Å². The number of aromatic amines is 1. The summed E-state index contributed by atoms with van der Waals surface area (Å²) in [5.41, 5.74) is 5.89. The fourth-order valence-electron chi connectivity index (χ4n) is 1.58. The van der Waals surface area contributed by atoms with E-state index in [0.29, 0.717) is 22.5 Å². The summed E-state index contributed by atoms with van der Waals surface area (Å²) in [6.07, 6.45) is 0. The van der Waals surface area contributed by atoms with Crippen LogP contribution < -0.4 is 16.6 Å².